The van der Waals surface area contributed by atoms with E-state index in [9.17, 15) is 21.4 Å². The Morgan fingerprint density at radius 1 is 1.14 bits per heavy atom. The number of nitrogens with one attached hydrogen (secondary N) is 3. The zero-order valence-electron chi connectivity index (χ0n) is 20.2. The zero-order valence-corrected chi connectivity index (χ0v) is 25.0. The first-order valence-corrected chi connectivity index (χ1v) is 18.0. The maximum Gasteiger partial charge on any atom is 0.343 e. The summed E-state index contributed by atoms with van der Waals surface area (Å²) in [4.78, 5) is -0.562. The normalized spacial score (nSPS) is 25.7. The summed E-state index contributed by atoms with van der Waals surface area (Å²) >= 11 is 17.2. The quantitative estimate of drug-likeness (QED) is 0.246. The van der Waals surface area contributed by atoms with Gasteiger partial charge in [-0.25, -0.2) is 31.7 Å². The van der Waals surface area contributed by atoms with Crippen molar-refractivity contribution in [2.45, 2.75) is 54.5 Å². The molecule has 1 aromatic rings. The molecule has 0 spiro atoms. The molecule has 0 amide bonds. The van der Waals surface area contributed by atoms with Crippen molar-refractivity contribution in [3.05, 3.63) is 17.2 Å². The summed E-state index contributed by atoms with van der Waals surface area (Å²) in [6.45, 7) is 2.31. The van der Waals surface area contributed by atoms with Gasteiger partial charge < -0.3 is 9.84 Å². The highest BCUT2D eigenvalue weighted by Crippen LogP contribution is 2.48. The highest BCUT2D eigenvalue weighted by molar-refractivity contribution is 7.90. The van der Waals surface area contributed by atoms with Crippen molar-refractivity contribution >= 4 is 68.2 Å². The lowest BCUT2D eigenvalue weighted by Crippen LogP contribution is -2.45. The maximum atomic E-state index is 12.4. The highest BCUT2D eigenvalue weighted by Gasteiger charge is 2.34. The smallest absolute Gasteiger partial charge is 0.343 e. The van der Waals surface area contributed by atoms with Crippen molar-refractivity contribution in [1.82, 2.24) is 14.5 Å². The van der Waals surface area contributed by atoms with E-state index >= 15 is 0 Å². The van der Waals surface area contributed by atoms with Gasteiger partial charge in [0, 0.05) is 31.4 Å². The number of hydrogen-bond donors (Lipinski definition) is 4. The van der Waals surface area contributed by atoms with Crippen molar-refractivity contribution in [2.75, 3.05) is 43.3 Å². The fourth-order valence-corrected chi connectivity index (χ4v) is 9.67. The van der Waals surface area contributed by atoms with Gasteiger partial charge in [-0.05, 0) is 30.9 Å². The van der Waals surface area contributed by atoms with Gasteiger partial charge in [-0.2, -0.15) is 4.72 Å². The highest BCUT2D eigenvalue weighted by atomic mass is 35.5. The molecule has 1 aromatic carbocycles. The van der Waals surface area contributed by atoms with E-state index < -0.39 is 38.8 Å². The number of sulfonamides is 2. The van der Waals surface area contributed by atoms with E-state index in [2.05, 4.69) is 15.1 Å². The molecule has 0 radical (unpaired) electrons. The van der Waals surface area contributed by atoms with E-state index in [0.717, 1.165) is 31.9 Å². The first-order chi connectivity index (χ1) is 17.4. The van der Waals surface area contributed by atoms with Crippen molar-refractivity contribution < 1.29 is 25.9 Å². The molecule has 1 saturated carbocycles. The molecule has 212 valence electrons. The maximum absolute atomic E-state index is 12.4. The van der Waals surface area contributed by atoms with Gasteiger partial charge in [0.2, 0.25) is 20.0 Å². The summed E-state index contributed by atoms with van der Waals surface area (Å²) in [7, 11) is -10.8. The van der Waals surface area contributed by atoms with E-state index in [1.54, 1.807) is 4.67 Å². The molecule has 2 fully saturated rings. The average Bonchev–Trinajstić information content (AvgIpc) is 3.31. The topological polar surface area (TPSA) is 160 Å². The van der Waals surface area contributed by atoms with Crippen molar-refractivity contribution in [2.24, 2.45) is 11.1 Å². The number of anilines is 1. The number of nitrogens with zero attached hydrogens (tertiary/aromatic N) is 1. The Kier molecular flexibility index (Phi) is 11.4. The second kappa shape index (κ2) is 13.5. The van der Waals surface area contributed by atoms with Crippen LogP contribution in [0.1, 0.15) is 38.5 Å². The van der Waals surface area contributed by atoms with Crippen molar-refractivity contribution in [1.29, 1.82) is 0 Å². The van der Waals surface area contributed by atoms with E-state index in [4.69, 9.17) is 44.5 Å². The van der Waals surface area contributed by atoms with Gasteiger partial charge in [0.05, 0.1) is 23.5 Å². The summed E-state index contributed by atoms with van der Waals surface area (Å²) < 4.78 is 69.6. The van der Waals surface area contributed by atoms with Gasteiger partial charge >= 0.3 is 7.67 Å². The second-order valence-electron chi connectivity index (χ2n) is 8.98. The molecule has 2 unspecified atom stereocenters. The van der Waals surface area contributed by atoms with Crippen molar-refractivity contribution in [3.8, 4) is 0 Å². The van der Waals surface area contributed by atoms with E-state index in [0.29, 0.717) is 49.5 Å². The Morgan fingerprint density at radius 3 is 2.32 bits per heavy atom. The Hall–Kier alpha value is -0.180. The SMILES string of the molecule is NS(=O)(=O)c1cc2c(cc1Cl)NC(CC1CCCC1)NS2(=O)=O.O=P1(N(CCCl)CCCl)NCCCO1. The van der Waals surface area contributed by atoms with Gasteiger partial charge in [-0.15, -0.1) is 23.2 Å². The van der Waals surface area contributed by atoms with Crippen LogP contribution in [-0.2, 0) is 29.1 Å². The molecule has 0 bridgehead atoms. The van der Waals surface area contributed by atoms with Gasteiger partial charge in [0.1, 0.15) is 9.79 Å². The Bertz CT molecular complexity index is 1190. The molecule has 11 nitrogen and oxygen atoms in total. The minimum absolute atomic E-state index is 0.101. The lowest BCUT2D eigenvalue weighted by molar-refractivity contribution is 0.233. The largest absolute Gasteiger partial charge is 0.368 e. The number of benzene rings is 1. The number of rotatable bonds is 8. The average molecular weight is 641 g/mol. The van der Waals surface area contributed by atoms with Crippen molar-refractivity contribution in [3.63, 3.8) is 0 Å². The van der Waals surface area contributed by atoms with E-state index in [1.807, 2.05) is 0 Å². The standard InChI is InChI=1S/C13H18ClN3O4S2.C7H15Cl2N2O2P/c14-9-6-10-12(7-11(9)22(15,18)19)23(20,21)17-13(16-10)5-8-3-1-2-4-8;8-2-5-11(6-3-9)14(12)10-4-1-7-13-14/h6-8,13,16-17H,1-5H2,(H2,15,18,19);1-7H2,(H,10,12). The summed E-state index contributed by atoms with van der Waals surface area (Å²) in [5.41, 5.74) is 0.296. The fraction of sp³-hybridized carbons (Fsp3) is 0.700. The van der Waals surface area contributed by atoms with Crippen LogP contribution in [0, 0.1) is 5.92 Å². The van der Waals surface area contributed by atoms with E-state index in [-0.39, 0.29) is 9.92 Å². The molecule has 37 heavy (non-hydrogen) atoms. The number of hydrogen-bond acceptors (Lipinski definition) is 7. The van der Waals surface area contributed by atoms with Crippen LogP contribution in [-0.4, -0.2) is 65.7 Å². The Morgan fingerprint density at radius 2 is 1.78 bits per heavy atom. The van der Waals surface area contributed by atoms with Gasteiger partial charge in [0.25, 0.3) is 0 Å². The summed E-state index contributed by atoms with van der Waals surface area (Å²) in [6.07, 6.45) is 5.68. The lowest BCUT2D eigenvalue weighted by atomic mass is 10.0. The number of primary sulfonamides is 1. The van der Waals surface area contributed by atoms with Crippen LogP contribution in [0.5, 0.6) is 0 Å². The number of nitrogens with two attached hydrogens (primary N) is 1. The second-order valence-corrected chi connectivity index (χ2v) is 15.5. The third-order valence-electron chi connectivity index (χ3n) is 6.26. The molecule has 0 aromatic heterocycles. The molecule has 3 aliphatic rings. The van der Waals surface area contributed by atoms with Crippen LogP contribution in [0.3, 0.4) is 0 Å². The van der Waals surface area contributed by atoms with Crippen LogP contribution < -0.4 is 20.3 Å². The molecule has 5 N–H and O–H groups in total. The third-order valence-corrected chi connectivity index (χ3v) is 11.8. The number of halogens is 3. The molecular weight excluding hydrogens is 608 g/mol. The van der Waals surface area contributed by atoms with Gasteiger partial charge in [-0.1, -0.05) is 37.3 Å². The van der Waals surface area contributed by atoms with Crippen LogP contribution in [0.15, 0.2) is 21.9 Å². The fourth-order valence-electron chi connectivity index (χ4n) is 4.52. The van der Waals surface area contributed by atoms with Crippen LogP contribution in [0.4, 0.5) is 5.69 Å². The molecule has 1 saturated heterocycles. The monoisotopic (exact) mass is 639 g/mol. The Balaban J connectivity index is 0.000000233. The molecule has 1 aliphatic carbocycles. The minimum Gasteiger partial charge on any atom is -0.368 e. The van der Waals surface area contributed by atoms with E-state index in [1.165, 1.54) is 18.9 Å². The third kappa shape index (κ3) is 8.40. The van der Waals surface area contributed by atoms with Crippen LogP contribution >= 0.6 is 42.5 Å². The zero-order chi connectivity index (χ0) is 27.3. The molecule has 2 heterocycles. The lowest BCUT2D eigenvalue weighted by Gasteiger charge is -2.33. The summed E-state index contributed by atoms with van der Waals surface area (Å²) in [5.74, 6) is 1.33. The predicted molar refractivity (Wildman–Crippen MR) is 146 cm³/mol. The Labute approximate surface area is 233 Å². The molecule has 2 aliphatic heterocycles. The minimum atomic E-state index is -4.10. The first-order valence-electron chi connectivity index (χ1n) is 11.9. The summed E-state index contributed by atoms with van der Waals surface area (Å²) in [6, 6.07) is 2.30. The van der Waals surface area contributed by atoms with Gasteiger partial charge in [0.15, 0.2) is 0 Å². The predicted octanol–water partition coefficient (Wildman–Crippen LogP) is 3.48. The summed E-state index contributed by atoms with van der Waals surface area (Å²) in [5, 5.41) is 11.0. The van der Waals surface area contributed by atoms with Crippen LogP contribution in [0.2, 0.25) is 5.02 Å². The molecule has 17 heteroatoms. The molecular formula is C20H33Cl3N5O6PS2. The number of alkyl halides is 2. The number of fused-ring (bicyclic) bond motifs is 1. The first kappa shape index (κ1) is 31.3. The molecule has 2 atom stereocenters. The van der Waals surface area contributed by atoms with Crippen LogP contribution in [0.25, 0.3) is 0 Å². The van der Waals surface area contributed by atoms with Gasteiger partial charge in [-0.3, -0.25) is 4.57 Å². The molecule has 4 rings (SSSR count).